The minimum Gasteiger partial charge on any atom is -0.497 e. The van der Waals surface area contributed by atoms with Crippen molar-refractivity contribution in [1.29, 1.82) is 0 Å². The van der Waals surface area contributed by atoms with Crippen LogP contribution in [0.15, 0.2) is 48.5 Å². The number of amides is 1. The number of nitrogens with one attached hydrogen (secondary N) is 1. The van der Waals surface area contributed by atoms with Crippen LogP contribution in [0.4, 0.5) is 11.4 Å². The van der Waals surface area contributed by atoms with Crippen molar-refractivity contribution in [3.05, 3.63) is 48.5 Å². The van der Waals surface area contributed by atoms with Gasteiger partial charge >= 0.3 is 0 Å². The Morgan fingerprint density at radius 1 is 1.07 bits per heavy atom. The summed E-state index contributed by atoms with van der Waals surface area (Å²) in [6.45, 7) is 1.85. The van der Waals surface area contributed by atoms with E-state index < -0.39 is 16.1 Å². The highest BCUT2D eigenvalue weighted by Crippen LogP contribution is 2.22. The van der Waals surface area contributed by atoms with E-state index in [-0.39, 0.29) is 5.91 Å². The summed E-state index contributed by atoms with van der Waals surface area (Å²) < 4.78 is 35.2. The average molecular weight is 392 g/mol. The summed E-state index contributed by atoms with van der Waals surface area (Å²) in [7, 11) is -0.279. The van der Waals surface area contributed by atoms with Crippen molar-refractivity contribution in [2.45, 2.75) is 19.4 Å². The first-order valence-electron chi connectivity index (χ1n) is 8.40. The van der Waals surface area contributed by atoms with Crippen LogP contribution >= 0.6 is 0 Å². The zero-order valence-corrected chi connectivity index (χ0v) is 16.6. The number of benzene rings is 2. The van der Waals surface area contributed by atoms with Gasteiger partial charge in [0.1, 0.15) is 11.5 Å². The van der Waals surface area contributed by atoms with Gasteiger partial charge < -0.3 is 14.8 Å². The fourth-order valence-corrected chi connectivity index (χ4v) is 2.81. The molecule has 2 aromatic carbocycles. The Morgan fingerprint density at radius 2 is 1.63 bits per heavy atom. The molecule has 0 aromatic heterocycles. The zero-order valence-electron chi connectivity index (χ0n) is 15.8. The molecule has 1 N–H and O–H groups in total. The Labute approximate surface area is 160 Å². The molecule has 0 unspecified atom stereocenters. The fourth-order valence-electron chi connectivity index (χ4n) is 2.31. The first-order chi connectivity index (χ1) is 12.7. The van der Waals surface area contributed by atoms with E-state index in [1.165, 1.54) is 11.4 Å². The molecule has 1 atom stereocenters. The molecule has 0 heterocycles. The van der Waals surface area contributed by atoms with Crippen LogP contribution in [-0.2, 0) is 14.8 Å². The van der Waals surface area contributed by atoms with Gasteiger partial charge in [0.25, 0.3) is 5.91 Å². The third-order valence-electron chi connectivity index (χ3n) is 4.00. The first-order valence-corrected chi connectivity index (χ1v) is 10.2. The van der Waals surface area contributed by atoms with Gasteiger partial charge in [-0.15, -0.1) is 0 Å². The van der Waals surface area contributed by atoms with Crippen molar-refractivity contribution in [1.82, 2.24) is 0 Å². The molecule has 0 aliphatic carbocycles. The third-order valence-corrected chi connectivity index (χ3v) is 5.20. The third kappa shape index (κ3) is 5.62. The van der Waals surface area contributed by atoms with Crippen molar-refractivity contribution < 1.29 is 22.7 Å². The number of methoxy groups -OCH3 is 1. The Bertz CT molecular complexity index is 864. The Balaban J connectivity index is 2.03. The molecule has 0 radical (unpaired) electrons. The monoisotopic (exact) mass is 392 g/mol. The second kappa shape index (κ2) is 8.77. The van der Waals surface area contributed by atoms with Gasteiger partial charge in [-0.3, -0.25) is 9.10 Å². The second-order valence-corrected chi connectivity index (χ2v) is 7.97. The lowest BCUT2D eigenvalue weighted by atomic mass is 10.2. The minimum absolute atomic E-state index is 0.264. The van der Waals surface area contributed by atoms with Crippen LogP contribution in [0.25, 0.3) is 0 Å². The molecule has 0 aliphatic rings. The van der Waals surface area contributed by atoms with E-state index in [9.17, 15) is 13.2 Å². The van der Waals surface area contributed by atoms with Gasteiger partial charge in [-0.05, 0) is 55.0 Å². The number of sulfonamides is 1. The fraction of sp³-hybridized carbons (Fsp3) is 0.316. The highest BCUT2D eigenvalue weighted by molar-refractivity contribution is 7.92. The van der Waals surface area contributed by atoms with Crippen LogP contribution in [0.2, 0.25) is 0 Å². The molecule has 2 rings (SSSR count). The van der Waals surface area contributed by atoms with Gasteiger partial charge in [0.2, 0.25) is 10.0 Å². The van der Waals surface area contributed by atoms with E-state index in [0.717, 1.165) is 6.26 Å². The molecule has 0 aliphatic heterocycles. The van der Waals surface area contributed by atoms with Gasteiger partial charge in [0, 0.05) is 12.7 Å². The van der Waals surface area contributed by atoms with Crippen molar-refractivity contribution >= 4 is 27.3 Å². The maximum absolute atomic E-state index is 12.5. The molecule has 146 valence electrons. The first kappa shape index (κ1) is 20.6. The number of hydrogen-bond acceptors (Lipinski definition) is 5. The quantitative estimate of drug-likeness (QED) is 0.747. The van der Waals surface area contributed by atoms with Crippen LogP contribution in [0, 0.1) is 0 Å². The molecule has 2 aromatic rings. The average Bonchev–Trinajstić information content (AvgIpc) is 2.65. The number of carbonyl (C=O) groups excluding carboxylic acids is 1. The number of anilines is 2. The molecule has 0 spiro atoms. The minimum atomic E-state index is -3.33. The Morgan fingerprint density at radius 3 is 2.11 bits per heavy atom. The van der Waals surface area contributed by atoms with Gasteiger partial charge in [-0.2, -0.15) is 0 Å². The predicted octanol–water partition coefficient (Wildman–Crippen LogP) is 2.89. The summed E-state index contributed by atoms with van der Waals surface area (Å²) in [6, 6.07) is 13.6. The SMILES string of the molecule is CC[C@H](Oc1ccc(N(C)S(C)(=O)=O)cc1)C(=O)Nc1ccc(OC)cc1. The molecule has 0 bridgehead atoms. The van der Waals surface area contributed by atoms with Crippen LogP contribution in [-0.4, -0.2) is 40.8 Å². The number of ether oxygens (including phenoxy) is 2. The lowest BCUT2D eigenvalue weighted by Gasteiger charge is -2.19. The van der Waals surface area contributed by atoms with Crippen molar-refractivity contribution in [2.24, 2.45) is 0 Å². The number of nitrogens with zero attached hydrogens (tertiary/aromatic N) is 1. The van der Waals surface area contributed by atoms with E-state index in [1.807, 2.05) is 6.92 Å². The summed E-state index contributed by atoms with van der Waals surface area (Å²) in [5, 5.41) is 2.81. The number of hydrogen-bond donors (Lipinski definition) is 1. The standard InChI is InChI=1S/C19H24N2O5S/c1-5-18(19(22)20-14-6-10-16(25-3)11-7-14)26-17-12-8-15(9-13-17)21(2)27(4,23)24/h6-13,18H,5H2,1-4H3,(H,20,22)/t18-/m0/s1. The maximum atomic E-state index is 12.5. The molecular weight excluding hydrogens is 368 g/mol. The number of carbonyl (C=O) groups is 1. The lowest BCUT2D eigenvalue weighted by Crippen LogP contribution is -2.32. The van der Waals surface area contributed by atoms with Crippen molar-refractivity contribution in [2.75, 3.05) is 30.0 Å². The normalized spacial score (nSPS) is 12.1. The zero-order chi connectivity index (χ0) is 20.0. The summed E-state index contributed by atoms with van der Waals surface area (Å²) in [5.74, 6) is 0.924. The molecule has 0 saturated heterocycles. The van der Waals surface area contributed by atoms with E-state index in [2.05, 4.69) is 5.32 Å². The van der Waals surface area contributed by atoms with E-state index in [4.69, 9.17) is 9.47 Å². The van der Waals surface area contributed by atoms with Crippen molar-refractivity contribution in [3.63, 3.8) is 0 Å². The summed E-state index contributed by atoms with van der Waals surface area (Å²) in [6.07, 6.45) is 0.937. The highest BCUT2D eigenvalue weighted by atomic mass is 32.2. The Hall–Kier alpha value is -2.74. The van der Waals surface area contributed by atoms with Gasteiger partial charge in [-0.1, -0.05) is 6.92 Å². The smallest absolute Gasteiger partial charge is 0.265 e. The molecule has 1 amide bonds. The van der Waals surface area contributed by atoms with Crippen molar-refractivity contribution in [3.8, 4) is 11.5 Å². The second-order valence-electron chi connectivity index (χ2n) is 5.96. The van der Waals surface area contributed by atoms with Gasteiger partial charge in [0.15, 0.2) is 6.10 Å². The van der Waals surface area contributed by atoms with E-state index >= 15 is 0 Å². The Kier molecular flexibility index (Phi) is 6.68. The van der Waals surface area contributed by atoms with E-state index in [0.29, 0.717) is 29.3 Å². The molecular formula is C19H24N2O5S. The highest BCUT2D eigenvalue weighted by Gasteiger charge is 2.19. The van der Waals surface area contributed by atoms with Crippen LogP contribution in [0.5, 0.6) is 11.5 Å². The van der Waals surface area contributed by atoms with E-state index in [1.54, 1.807) is 55.6 Å². The van der Waals surface area contributed by atoms with Gasteiger partial charge in [0.05, 0.1) is 19.1 Å². The topological polar surface area (TPSA) is 84.9 Å². The van der Waals surface area contributed by atoms with Gasteiger partial charge in [-0.25, -0.2) is 8.42 Å². The summed E-state index contributed by atoms with van der Waals surface area (Å²) >= 11 is 0. The van der Waals surface area contributed by atoms with Crippen LogP contribution < -0.4 is 19.1 Å². The maximum Gasteiger partial charge on any atom is 0.265 e. The number of rotatable bonds is 8. The molecule has 0 saturated carbocycles. The molecule has 7 nitrogen and oxygen atoms in total. The molecule has 27 heavy (non-hydrogen) atoms. The van der Waals surface area contributed by atoms with Crippen LogP contribution in [0.3, 0.4) is 0 Å². The summed E-state index contributed by atoms with van der Waals surface area (Å²) in [5.41, 5.74) is 1.16. The predicted molar refractivity (Wildman–Crippen MR) is 106 cm³/mol. The lowest BCUT2D eigenvalue weighted by molar-refractivity contribution is -0.122. The summed E-state index contributed by atoms with van der Waals surface area (Å²) in [4.78, 5) is 12.5. The van der Waals surface area contributed by atoms with Crippen LogP contribution in [0.1, 0.15) is 13.3 Å². The molecule has 8 heteroatoms. The molecule has 0 fully saturated rings. The largest absolute Gasteiger partial charge is 0.497 e.